The van der Waals surface area contributed by atoms with Crippen LogP contribution < -0.4 is 5.32 Å². The highest BCUT2D eigenvalue weighted by Crippen LogP contribution is 2.25. The summed E-state index contributed by atoms with van der Waals surface area (Å²) < 4.78 is 0. The van der Waals surface area contributed by atoms with Gasteiger partial charge in [-0.25, -0.2) is 0 Å². The molecule has 0 bridgehead atoms. The van der Waals surface area contributed by atoms with Gasteiger partial charge >= 0.3 is 0 Å². The number of hydrogen-bond acceptors (Lipinski definition) is 3. The molecule has 3 rings (SSSR count). The first-order valence-electron chi connectivity index (χ1n) is 7.48. The second-order valence-corrected chi connectivity index (χ2v) is 6.97. The average Bonchev–Trinajstić information content (AvgIpc) is 3.20. The number of halogens is 1. The molecule has 2 heterocycles. The molecule has 1 atom stereocenters. The zero-order valence-corrected chi connectivity index (χ0v) is 14.3. The maximum atomic E-state index is 12.6. The Balaban J connectivity index is 1.74. The van der Waals surface area contributed by atoms with Crippen molar-refractivity contribution in [3.63, 3.8) is 0 Å². The summed E-state index contributed by atoms with van der Waals surface area (Å²) in [6.07, 6.45) is 1.53. The van der Waals surface area contributed by atoms with Crippen molar-refractivity contribution >= 4 is 40.4 Å². The number of aryl methyl sites for hydroxylation is 1. The zero-order valence-electron chi connectivity index (χ0n) is 12.7. The molecule has 1 aliphatic rings. The quantitative estimate of drug-likeness (QED) is 0.912. The summed E-state index contributed by atoms with van der Waals surface area (Å²) in [6.45, 7) is 2.51. The number of thiophene rings is 1. The van der Waals surface area contributed by atoms with Gasteiger partial charge in [0.1, 0.15) is 6.04 Å². The number of nitrogens with zero attached hydrogens (tertiary/aromatic N) is 1. The summed E-state index contributed by atoms with van der Waals surface area (Å²) in [5, 5.41) is 5.43. The summed E-state index contributed by atoms with van der Waals surface area (Å²) >= 11 is 7.34. The number of anilines is 1. The lowest BCUT2D eigenvalue weighted by Crippen LogP contribution is -2.43. The van der Waals surface area contributed by atoms with E-state index in [0.717, 1.165) is 17.7 Å². The molecule has 0 unspecified atom stereocenters. The fourth-order valence-electron chi connectivity index (χ4n) is 2.81. The summed E-state index contributed by atoms with van der Waals surface area (Å²) in [4.78, 5) is 27.5. The van der Waals surface area contributed by atoms with Crippen molar-refractivity contribution in [2.45, 2.75) is 25.8 Å². The Morgan fingerprint density at radius 2 is 2.17 bits per heavy atom. The monoisotopic (exact) mass is 348 g/mol. The van der Waals surface area contributed by atoms with Gasteiger partial charge in [-0.1, -0.05) is 17.7 Å². The highest BCUT2D eigenvalue weighted by Gasteiger charge is 2.35. The summed E-state index contributed by atoms with van der Waals surface area (Å²) in [6, 6.07) is 8.56. The summed E-state index contributed by atoms with van der Waals surface area (Å²) in [5.74, 6) is -0.205. The van der Waals surface area contributed by atoms with E-state index in [0.29, 0.717) is 22.9 Å². The van der Waals surface area contributed by atoms with Crippen LogP contribution in [0.4, 0.5) is 5.69 Å². The number of amides is 2. The van der Waals surface area contributed by atoms with E-state index in [1.807, 2.05) is 18.4 Å². The molecular weight excluding hydrogens is 332 g/mol. The van der Waals surface area contributed by atoms with Crippen molar-refractivity contribution in [3.8, 4) is 0 Å². The van der Waals surface area contributed by atoms with Crippen LogP contribution in [0.15, 0.2) is 35.7 Å². The molecule has 1 aromatic heterocycles. The van der Waals surface area contributed by atoms with E-state index in [2.05, 4.69) is 5.32 Å². The van der Waals surface area contributed by atoms with E-state index in [-0.39, 0.29) is 11.8 Å². The van der Waals surface area contributed by atoms with E-state index in [4.69, 9.17) is 11.6 Å². The first-order valence-corrected chi connectivity index (χ1v) is 8.73. The van der Waals surface area contributed by atoms with Gasteiger partial charge in [0.2, 0.25) is 5.91 Å². The Morgan fingerprint density at radius 3 is 2.87 bits per heavy atom. The highest BCUT2D eigenvalue weighted by molar-refractivity contribution is 7.12. The van der Waals surface area contributed by atoms with Gasteiger partial charge in [0.15, 0.2) is 0 Å². The maximum absolute atomic E-state index is 12.6. The van der Waals surface area contributed by atoms with Gasteiger partial charge < -0.3 is 10.2 Å². The number of rotatable bonds is 3. The molecule has 2 aromatic rings. The van der Waals surface area contributed by atoms with Crippen LogP contribution in [-0.2, 0) is 4.79 Å². The average molecular weight is 349 g/mol. The number of carbonyl (C=O) groups excluding carboxylic acids is 2. The molecule has 0 saturated carbocycles. The molecule has 1 saturated heterocycles. The van der Waals surface area contributed by atoms with Crippen molar-refractivity contribution in [3.05, 3.63) is 51.2 Å². The van der Waals surface area contributed by atoms with Gasteiger partial charge in [0, 0.05) is 17.3 Å². The summed E-state index contributed by atoms with van der Waals surface area (Å²) in [5.41, 5.74) is 1.63. The fraction of sp³-hybridized carbons (Fsp3) is 0.294. The van der Waals surface area contributed by atoms with Crippen LogP contribution in [0.5, 0.6) is 0 Å². The minimum atomic E-state index is -0.417. The minimum Gasteiger partial charge on any atom is -0.326 e. The van der Waals surface area contributed by atoms with Crippen molar-refractivity contribution in [2.24, 2.45) is 0 Å². The van der Waals surface area contributed by atoms with E-state index < -0.39 is 6.04 Å². The van der Waals surface area contributed by atoms with Crippen molar-refractivity contribution in [1.29, 1.82) is 0 Å². The van der Waals surface area contributed by atoms with Crippen LogP contribution >= 0.6 is 22.9 Å². The third kappa shape index (κ3) is 3.41. The number of carbonyl (C=O) groups is 2. The maximum Gasteiger partial charge on any atom is 0.264 e. The lowest BCUT2D eigenvalue weighted by Gasteiger charge is -2.23. The fourth-order valence-corrected chi connectivity index (χ4v) is 3.71. The van der Waals surface area contributed by atoms with Gasteiger partial charge in [-0.2, -0.15) is 0 Å². The number of hydrogen-bond donors (Lipinski definition) is 1. The smallest absolute Gasteiger partial charge is 0.264 e. The first-order chi connectivity index (χ1) is 11.1. The van der Waals surface area contributed by atoms with Crippen molar-refractivity contribution in [1.82, 2.24) is 4.90 Å². The molecule has 1 aromatic carbocycles. The Labute approximate surface area is 144 Å². The van der Waals surface area contributed by atoms with E-state index in [1.165, 1.54) is 11.3 Å². The molecule has 6 heteroatoms. The lowest BCUT2D eigenvalue weighted by molar-refractivity contribution is -0.119. The molecule has 2 amide bonds. The van der Waals surface area contributed by atoms with Gasteiger partial charge in [-0.15, -0.1) is 11.3 Å². The second kappa shape index (κ2) is 6.72. The van der Waals surface area contributed by atoms with Gasteiger partial charge in [0.05, 0.1) is 4.88 Å². The predicted octanol–water partition coefficient (Wildman–Crippen LogP) is 3.95. The van der Waals surface area contributed by atoms with Crippen LogP contribution in [0.2, 0.25) is 5.02 Å². The molecule has 0 radical (unpaired) electrons. The van der Waals surface area contributed by atoms with Gasteiger partial charge in [-0.05, 0) is 55.0 Å². The third-order valence-corrected chi connectivity index (χ3v) is 5.09. The van der Waals surface area contributed by atoms with E-state index >= 15 is 0 Å². The molecule has 23 heavy (non-hydrogen) atoms. The number of likely N-dealkylation sites (tertiary alicyclic amines) is 1. The van der Waals surface area contributed by atoms with Gasteiger partial charge in [0.25, 0.3) is 5.91 Å². The first kappa shape index (κ1) is 16.0. The van der Waals surface area contributed by atoms with Crippen LogP contribution in [0.3, 0.4) is 0 Å². The Kier molecular flexibility index (Phi) is 4.68. The molecule has 1 aliphatic heterocycles. The highest BCUT2D eigenvalue weighted by atomic mass is 35.5. The topological polar surface area (TPSA) is 49.4 Å². The van der Waals surface area contributed by atoms with Crippen molar-refractivity contribution < 1.29 is 9.59 Å². The third-order valence-electron chi connectivity index (χ3n) is 3.99. The normalized spacial score (nSPS) is 17.3. The van der Waals surface area contributed by atoms with Crippen LogP contribution in [0.25, 0.3) is 0 Å². The SMILES string of the molecule is Cc1cc(Cl)ccc1NC(=O)[C@H]1CCCN1C(=O)c1cccs1. The molecule has 0 spiro atoms. The second-order valence-electron chi connectivity index (χ2n) is 5.58. The summed E-state index contributed by atoms with van der Waals surface area (Å²) in [7, 11) is 0. The molecule has 4 nitrogen and oxygen atoms in total. The largest absolute Gasteiger partial charge is 0.326 e. The minimum absolute atomic E-state index is 0.0644. The molecule has 1 N–H and O–H groups in total. The predicted molar refractivity (Wildman–Crippen MR) is 93.2 cm³/mol. The van der Waals surface area contributed by atoms with Crippen LogP contribution in [0, 0.1) is 6.92 Å². The Bertz CT molecular complexity index is 730. The van der Waals surface area contributed by atoms with Gasteiger partial charge in [-0.3, -0.25) is 9.59 Å². The number of nitrogens with one attached hydrogen (secondary N) is 1. The standard InChI is InChI=1S/C17H17ClN2O2S/c1-11-10-12(18)6-7-13(11)19-16(21)14-4-2-8-20(14)17(22)15-5-3-9-23-15/h3,5-7,9-10,14H,2,4,8H2,1H3,(H,19,21)/t14-/m1/s1. The van der Waals surface area contributed by atoms with E-state index in [9.17, 15) is 9.59 Å². The van der Waals surface area contributed by atoms with Crippen molar-refractivity contribution in [2.75, 3.05) is 11.9 Å². The zero-order chi connectivity index (χ0) is 16.4. The lowest BCUT2D eigenvalue weighted by atomic mass is 10.1. The molecular formula is C17H17ClN2O2S. The Morgan fingerprint density at radius 1 is 1.35 bits per heavy atom. The molecule has 0 aliphatic carbocycles. The number of benzene rings is 1. The van der Waals surface area contributed by atoms with E-state index in [1.54, 1.807) is 29.2 Å². The molecule has 120 valence electrons. The molecule has 1 fully saturated rings. The Hall–Kier alpha value is -1.85. The van der Waals surface area contributed by atoms with Crippen LogP contribution in [-0.4, -0.2) is 29.3 Å². The van der Waals surface area contributed by atoms with Crippen LogP contribution in [0.1, 0.15) is 28.1 Å².